The molecule has 1 amide bonds. The molecule has 0 aromatic rings. The summed E-state index contributed by atoms with van der Waals surface area (Å²) in [5.74, 6) is -1.77. The Balaban J connectivity index is 2.59. The minimum absolute atomic E-state index is 0.0834. The number of carbonyl (C=O) groups is 1. The second-order valence-electron chi connectivity index (χ2n) is 4.70. The fourth-order valence-electron chi connectivity index (χ4n) is 2.01. The Bertz CT molecular complexity index is 257. The van der Waals surface area contributed by atoms with Crippen LogP contribution in [-0.2, 0) is 4.79 Å². The van der Waals surface area contributed by atoms with Gasteiger partial charge in [0.1, 0.15) is 0 Å². The van der Waals surface area contributed by atoms with Gasteiger partial charge in [0.25, 0.3) is 0 Å². The summed E-state index contributed by atoms with van der Waals surface area (Å²) in [4.78, 5) is 10.9. The van der Waals surface area contributed by atoms with Gasteiger partial charge in [0.05, 0.1) is 0 Å². The molecule has 0 aromatic heterocycles. The van der Waals surface area contributed by atoms with E-state index in [1.54, 1.807) is 13.8 Å². The molecule has 0 aliphatic carbocycles. The first-order chi connectivity index (χ1) is 7.23. The van der Waals surface area contributed by atoms with E-state index in [4.69, 9.17) is 0 Å². The highest BCUT2D eigenvalue weighted by Gasteiger charge is 2.43. The van der Waals surface area contributed by atoms with Crippen molar-refractivity contribution < 1.29 is 18.0 Å². The molecule has 3 nitrogen and oxygen atoms in total. The number of piperidine rings is 1. The fourth-order valence-corrected chi connectivity index (χ4v) is 2.01. The van der Waals surface area contributed by atoms with Crippen LogP contribution in [0.4, 0.5) is 13.2 Å². The van der Waals surface area contributed by atoms with Crippen LogP contribution in [0.2, 0.25) is 0 Å². The van der Waals surface area contributed by atoms with Gasteiger partial charge in [-0.1, -0.05) is 0 Å². The van der Waals surface area contributed by atoms with E-state index < -0.39 is 17.6 Å². The molecule has 1 aliphatic rings. The normalized spacial score (nSPS) is 19.6. The molecule has 0 saturated carbocycles. The highest BCUT2D eigenvalue weighted by atomic mass is 19.4. The third kappa shape index (κ3) is 3.37. The molecule has 0 aromatic carbocycles. The lowest BCUT2D eigenvalue weighted by Crippen LogP contribution is -2.55. The average Bonchev–Trinajstić information content (AvgIpc) is 2.17. The van der Waals surface area contributed by atoms with E-state index >= 15 is 0 Å². The summed E-state index contributed by atoms with van der Waals surface area (Å²) < 4.78 is 36.4. The molecule has 2 N–H and O–H groups in total. The van der Waals surface area contributed by atoms with Gasteiger partial charge < -0.3 is 10.6 Å². The number of hydrogen-bond acceptors (Lipinski definition) is 2. The van der Waals surface area contributed by atoms with Gasteiger partial charge in [-0.3, -0.25) is 4.79 Å². The topological polar surface area (TPSA) is 41.1 Å². The molecule has 94 valence electrons. The number of rotatable bonds is 2. The maximum absolute atomic E-state index is 12.1. The SMILES string of the molecule is CC(C)(NC(=O)C(F)(F)F)C1CCNCC1. The van der Waals surface area contributed by atoms with Crippen LogP contribution in [0.25, 0.3) is 0 Å². The fraction of sp³-hybridized carbons (Fsp3) is 0.900. The Morgan fingerprint density at radius 3 is 2.19 bits per heavy atom. The first-order valence-corrected chi connectivity index (χ1v) is 5.33. The molecule has 0 bridgehead atoms. The molecule has 0 spiro atoms. The van der Waals surface area contributed by atoms with E-state index in [-0.39, 0.29) is 5.92 Å². The van der Waals surface area contributed by atoms with E-state index in [0.29, 0.717) is 0 Å². The Labute approximate surface area is 92.8 Å². The minimum Gasteiger partial charge on any atom is -0.343 e. The van der Waals surface area contributed by atoms with Crippen LogP contribution < -0.4 is 10.6 Å². The number of amides is 1. The Morgan fingerprint density at radius 1 is 1.25 bits per heavy atom. The maximum atomic E-state index is 12.1. The summed E-state index contributed by atoms with van der Waals surface area (Å²) in [6.45, 7) is 4.87. The highest BCUT2D eigenvalue weighted by molar-refractivity contribution is 5.82. The lowest BCUT2D eigenvalue weighted by Gasteiger charge is -2.38. The highest BCUT2D eigenvalue weighted by Crippen LogP contribution is 2.27. The van der Waals surface area contributed by atoms with Crippen molar-refractivity contribution in [3.63, 3.8) is 0 Å². The van der Waals surface area contributed by atoms with Crippen molar-refractivity contribution in [2.75, 3.05) is 13.1 Å². The van der Waals surface area contributed by atoms with Crippen LogP contribution in [-0.4, -0.2) is 30.7 Å². The Kier molecular flexibility index (Phi) is 3.83. The van der Waals surface area contributed by atoms with E-state index in [9.17, 15) is 18.0 Å². The van der Waals surface area contributed by atoms with E-state index in [1.807, 2.05) is 0 Å². The molecule has 6 heteroatoms. The second kappa shape index (κ2) is 4.61. The Hall–Kier alpha value is -0.780. The third-order valence-corrected chi connectivity index (χ3v) is 3.05. The standard InChI is InChI=1S/C10H17F3N2O/c1-9(2,7-3-5-14-6-4-7)15-8(16)10(11,12)13/h7,14H,3-6H2,1-2H3,(H,15,16). The van der Waals surface area contributed by atoms with Gasteiger partial charge in [-0.05, 0) is 45.7 Å². The lowest BCUT2D eigenvalue weighted by atomic mass is 9.81. The van der Waals surface area contributed by atoms with Crippen molar-refractivity contribution >= 4 is 5.91 Å². The maximum Gasteiger partial charge on any atom is 0.471 e. The third-order valence-electron chi connectivity index (χ3n) is 3.05. The summed E-state index contributed by atoms with van der Waals surface area (Å²) >= 11 is 0. The van der Waals surface area contributed by atoms with Crippen LogP contribution in [0, 0.1) is 5.92 Å². The van der Waals surface area contributed by atoms with Gasteiger partial charge in [-0.15, -0.1) is 0 Å². The largest absolute Gasteiger partial charge is 0.471 e. The molecule has 1 rings (SSSR count). The Morgan fingerprint density at radius 2 is 1.75 bits per heavy atom. The van der Waals surface area contributed by atoms with Crippen molar-refractivity contribution in [2.24, 2.45) is 5.92 Å². The monoisotopic (exact) mass is 238 g/mol. The minimum atomic E-state index is -4.80. The summed E-state index contributed by atoms with van der Waals surface area (Å²) in [6, 6.07) is 0. The van der Waals surface area contributed by atoms with Crippen molar-refractivity contribution in [2.45, 2.75) is 38.4 Å². The first-order valence-electron chi connectivity index (χ1n) is 5.33. The van der Waals surface area contributed by atoms with Gasteiger partial charge in [0.15, 0.2) is 0 Å². The second-order valence-corrected chi connectivity index (χ2v) is 4.70. The van der Waals surface area contributed by atoms with Crippen LogP contribution in [0.15, 0.2) is 0 Å². The zero-order valence-electron chi connectivity index (χ0n) is 9.45. The number of nitrogens with one attached hydrogen (secondary N) is 2. The predicted octanol–water partition coefficient (Wildman–Crippen LogP) is 1.44. The van der Waals surface area contributed by atoms with Gasteiger partial charge in [-0.25, -0.2) is 0 Å². The molecule has 1 heterocycles. The van der Waals surface area contributed by atoms with Crippen molar-refractivity contribution in [1.82, 2.24) is 10.6 Å². The predicted molar refractivity (Wildman–Crippen MR) is 53.9 cm³/mol. The van der Waals surface area contributed by atoms with Gasteiger partial charge >= 0.3 is 12.1 Å². The number of halogens is 3. The summed E-state index contributed by atoms with van der Waals surface area (Å²) in [5.41, 5.74) is -0.811. The molecule has 0 atom stereocenters. The van der Waals surface area contributed by atoms with Crippen LogP contribution in [0.5, 0.6) is 0 Å². The first kappa shape index (κ1) is 13.3. The summed E-state index contributed by atoms with van der Waals surface area (Å²) in [7, 11) is 0. The average molecular weight is 238 g/mol. The number of carbonyl (C=O) groups excluding carboxylic acids is 1. The molecule has 16 heavy (non-hydrogen) atoms. The van der Waals surface area contributed by atoms with Crippen LogP contribution in [0.1, 0.15) is 26.7 Å². The van der Waals surface area contributed by atoms with Gasteiger partial charge in [0.2, 0.25) is 0 Å². The smallest absolute Gasteiger partial charge is 0.343 e. The zero-order chi connectivity index (χ0) is 12.4. The van der Waals surface area contributed by atoms with Crippen molar-refractivity contribution in [3.8, 4) is 0 Å². The quantitative estimate of drug-likeness (QED) is 0.764. The van der Waals surface area contributed by atoms with E-state index in [2.05, 4.69) is 10.6 Å². The number of alkyl halides is 3. The molecular weight excluding hydrogens is 221 g/mol. The number of hydrogen-bond donors (Lipinski definition) is 2. The van der Waals surface area contributed by atoms with Gasteiger partial charge in [0, 0.05) is 5.54 Å². The van der Waals surface area contributed by atoms with Gasteiger partial charge in [-0.2, -0.15) is 13.2 Å². The molecular formula is C10H17F3N2O. The zero-order valence-corrected chi connectivity index (χ0v) is 9.45. The molecule has 1 aliphatic heterocycles. The van der Waals surface area contributed by atoms with Crippen molar-refractivity contribution in [3.05, 3.63) is 0 Å². The lowest BCUT2D eigenvalue weighted by molar-refractivity contribution is -0.176. The molecule has 1 fully saturated rings. The summed E-state index contributed by atoms with van der Waals surface area (Å²) in [6.07, 6.45) is -3.24. The molecule has 0 radical (unpaired) electrons. The molecule has 1 saturated heterocycles. The van der Waals surface area contributed by atoms with E-state index in [1.165, 1.54) is 0 Å². The van der Waals surface area contributed by atoms with E-state index in [0.717, 1.165) is 25.9 Å². The van der Waals surface area contributed by atoms with Crippen LogP contribution in [0.3, 0.4) is 0 Å². The molecule has 0 unspecified atom stereocenters. The summed E-state index contributed by atoms with van der Waals surface area (Å²) in [5, 5.41) is 5.21. The van der Waals surface area contributed by atoms with Crippen molar-refractivity contribution in [1.29, 1.82) is 0 Å². The van der Waals surface area contributed by atoms with Crippen LogP contribution >= 0.6 is 0 Å².